The first-order chi connectivity index (χ1) is 12.1. The fourth-order valence-electron chi connectivity index (χ4n) is 4.06. The molecule has 0 unspecified atom stereocenters. The third-order valence-corrected chi connectivity index (χ3v) is 5.22. The number of ether oxygens (including phenoxy) is 2. The highest BCUT2D eigenvalue weighted by atomic mass is 19.1. The lowest BCUT2D eigenvalue weighted by Gasteiger charge is -2.30. The number of hydrogen-bond acceptors (Lipinski definition) is 4. The van der Waals surface area contributed by atoms with E-state index < -0.39 is 5.41 Å². The monoisotopic (exact) mass is 342 g/mol. The minimum Gasteiger partial charge on any atom is -0.497 e. The summed E-state index contributed by atoms with van der Waals surface area (Å²) in [7, 11) is 3.19. The van der Waals surface area contributed by atoms with E-state index in [2.05, 4.69) is 10.6 Å². The van der Waals surface area contributed by atoms with Crippen molar-refractivity contribution in [3.05, 3.63) is 53.3 Å². The number of methoxy groups -OCH3 is 2. The van der Waals surface area contributed by atoms with Crippen LogP contribution in [0.25, 0.3) is 0 Å². The van der Waals surface area contributed by atoms with Crippen LogP contribution in [0, 0.1) is 5.82 Å². The largest absolute Gasteiger partial charge is 0.497 e. The molecule has 130 valence electrons. The summed E-state index contributed by atoms with van der Waals surface area (Å²) in [5, 5.41) is 6.31. The Bertz CT molecular complexity index is 855. The van der Waals surface area contributed by atoms with Crippen molar-refractivity contribution >= 4 is 11.6 Å². The summed E-state index contributed by atoms with van der Waals surface area (Å²) in [6, 6.07) is 9.61. The molecule has 4 rings (SSSR count). The van der Waals surface area contributed by atoms with Gasteiger partial charge in [0.1, 0.15) is 17.3 Å². The third kappa shape index (κ3) is 2.21. The molecule has 2 aromatic rings. The van der Waals surface area contributed by atoms with Crippen molar-refractivity contribution in [2.75, 3.05) is 26.1 Å². The minimum atomic E-state index is -0.864. The quantitative estimate of drug-likeness (QED) is 0.900. The highest BCUT2D eigenvalue weighted by Crippen LogP contribution is 2.52. The van der Waals surface area contributed by atoms with Crippen LogP contribution in [0.4, 0.5) is 10.1 Å². The number of hydrogen-bond donors (Lipinski definition) is 2. The Hall–Kier alpha value is -2.60. The molecule has 0 aliphatic carbocycles. The molecule has 2 N–H and O–H groups in total. The molecule has 1 fully saturated rings. The summed E-state index contributed by atoms with van der Waals surface area (Å²) < 4.78 is 24.8. The lowest BCUT2D eigenvalue weighted by atomic mass is 9.72. The lowest BCUT2D eigenvalue weighted by Crippen LogP contribution is -2.39. The summed E-state index contributed by atoms with van der Waals surface area (Å²) in [6.45, 7) is 0.647. The number of fused-ring (bicyclic) bond motifs is 2. The van der Waals surface area contributed by atoms with Crippen molar-refractivity contribution in [1.29, 1.82) is 0 Å². The van der Waals surface area contributed by atoms with Crippen LogP contribution < -0.4 is 20.1 Å². The second kappa shape index (κ2) is 5.74. The molecule has 0 aromatic heterocycles. The molecule has 0 bridgehead atoms. The molecule has 1 spiro atoms. The van der Waals surface area contributed by atoms with Crippen molar-refractivity contribution in [2.24, 2.45) is 0 Å². The molecule has 25 heavy (non-hydrogen) atoms. The maximum Gasteiger partial charge on any atom is 0.237 e. The molecule has 2 heterocycles. The predicted molar refractivity (Wildman–Crippen MR) is 91.6 cm³/mol. The van der Waals surface area contributed by atoms with Gasteiger partial charge in [-0.25, -0.2) is 4.39 Å². The summed E-state index contributed by atoms with van der Waals surface area (Å²) in [5.41, 5.74) is 1.32. The molecule has 2 aromatic carbocycles. The van der Waals surface area contributed by atoms with Crippen LogP contribution in [0.5, 0.6) is 11.5 Å². The second-order valence-electron chi connectivity index (χ2n) is 6.36. The van der Waals surface area contributed by atoms with Gasteiger partial charge in [-0.3, -0.25) is 4.79 Å². The number of benzene rings is 2. The van der Waals surface area contributed by atoms with Gasteiger partial charge >= 0.3 is 0 Å². The zero-order chi connectivity index (χ0) is 17.6. The number of carbonyl (C=O) groups excluding carboxylic acids is 1. The van der Waals surface area contributed by atoms with Crippen molar-refractivity contribution in [3.63, 3.8) is 0 Å². The first-order valence-electron chi connectivity index (χ1n) is 8.17. The van der Waals surface area contributed by atoms with Gasteiger partial charge in [0, 0.05) is 11.3 Å². The first kappa shape index (κ1) is 15.9. The van der Waals surface area contributed by atoms with Crippen LogP contribution in [0.2, 0.25) is 0 Å². The molecule has 2 aliphatic rings. The number of rotatable bonds is 3. The van der Waals surface area contributed by atoms with Crippen molar-refractivity contribution in [2.45, 2.75) is 17.9 Å². The smallest absolute Gasteiger partial charge is 0.237 e. The number of carbonyl (C=O) groups is 1. The van der Waals surface area contributed by atoms with Crippen molar-refractivity contribution < 1.29 is 18.7 Å². The minimum absolute atomic E-state index is 0.118. The summed E-state index contributed by atoms with van der Waals surface area (Å²) in [5.74, 6) is 0.876. The molecule has 1 saturated heterocycles. The van der Waals surface area contributed by atoms with Crippen LogP contribution in [-0.4, -0.2) is 26.7 Å². The van der Waals surface area contributed by atoms with Gasteiger partial charge in [-0.15, -0.1) is 0 Å². The molecule has 5 nitrogen and oxygen atoms in total. The average Bonchev–Trinajstić information content (AvgIpc) is 3.18. The standard InChI is InChI=1S/C19H19FN2O3/c1-24-12-4-6-16(25-2)13(10-12)17-19(7-8-21-17)14-9-11(20)3-5-15(14)22-18(19)23/h3-6,9-10,17,21H,7-8H2,1-2H3,(H,22,23)/t17-,19-/m1/s1. The number of nitrogens with one attached hydrogen (secondary N) is 2. The Labute approximate surface area is 145 Å². The van der Waals surface area contributed by atoms with Crippen LogP contribution in [-0.2, 0) is 10.2 Å². The molecular formula is C19H19FN2O3. The SMILES string of the molecule is COc1ccc(OC)c([C@H]2NCC[C@]23C(=O)Nc2ccc(F)cc23)c1. The van der Waals surface area contributed by atoms with E-state index in [0.717, 1.165) is 5.56 Å². The van der Waals surface area contributed by atoms with Gasteiger partial charge in [-0.2, -0.15) is 0 Å². The van der Waals surface area contributed by atoms with E-state index in [4.69, 9.17) is 9.47 Å². The topological polar surface area (TPSA) is 59.6 Å². The Kier molecular flexibility index (Phi) is 3.65. The van der Waals surface area contributed by atoms with Crippen LogP contribution in [0.1, 0.15) is 23.6 Å². The number of anilines is 1. The first-order valence-corrected chi connectivity index (χ1v) is 8.17. The van der Waals surface area contributed by atoms with Gasteiger partial charge in [-0.1, -0.05) is 0 Å². The molecular weight excluding hydrogens is 323 g/mol. The fraction of sp³-hybridized carbons (Fsp3) is 0.316. The van der Waals surface area contributed by atoms with Crippen molar-refractivity contribution in [1.82, 2.24) is 5.32 Å². The predicted octanol–water partition coefficient (Wildman–Crippen LogP) is 2.77. The van der Waals surface area contributed by atoms with E-state index in [9.17, 15) is 9.18 Å². The van der Waals surface area contributed by atoms with Gasteiger partial charge in [0.15, 0.2) is 0 Å². The van der Waals surface area contributed by atoms with Gasteiger partial charge in [0.2, 0.25) is 5.91 Å². The number of amides is 1. The normalized spacial score (nSPS) is 24.3. The van der Waals surface area contributed by atoms with E-state index in [1.165, 1.54) is 12.1 Å². The van der Waals surface area contributed by atoms with Crippen LogP contribution >= 0.6 is 0 Å². The highest BCUT2D eigenvalue weighted by Gasteiger charge is 2.56. The van der Waals surface area contributed by atoms with Gasteiger partial charge in [0.25, 0.3) is 0 Å². The molecule has 0 saturated carbocycles. The Morgan fingerprint density at radius 3 is 2.76 bits per heavy atom. The van der Waals surface area contributed by atoms with Crippen molar-refractivity contribution in [3.8, 4) is 11.5 Å². The number of halogens is 1. The van der Waals surface area contributed by atoms with Gasteiger partial charge in [0.05, 0.1) is 25.7 Å². The fourth-order valence-corrected chi connectivity index (χ4v) is 4.06. The zero-order valence-electron chi connectivity index (χ0n) is 14.1. The highest BCUT2D eigenvalue weighted by molar-refractivity contribution is 6.07. The third-order valence-electron chi connectivity index (χ3n) is 5.22. The lowest BCUT2D eigenvalue weighted by molar-refractivity contribution is -0.121. The Morgan fingerprint density at radius 1 is 1.16 bits per heavy atom. The molecule has 1 amide bonds. The van der Waals surface area contributed by atoms with Gasteiger partial charge in [-0.05, 0) is 54.9 Å². The maximum atomic E-state index is 13.9. The second-order valence-corrected chi connectivity index (χ2v) is 6.36. The van der Waals surface area contributed by atoms with E-state index in [1.807, 2.05) is 18.2 Å². The summed E-state index contributed by atoms with van der Waals surface area (Å²) >= 11 is 0. The molecule has 0 radical (unpaired) electrons. The Morgan fingerprint density at radius 2 is 2.00 bits per heavy atom. The zero-order valence-corrected chi connectivity index (χ0v) is 14.1. The van der Waals surface area contributed by atoms with Gasteiger partial charge < -0.3 is 20.1 Å². The summed E-state index contributed by atoms with van der Waals surface area (Å²) in [6.07, 6.45) is 0.584. The average molecular weight is 342 g/mol. The van der Waals surface area contributed by atoms with E-state index >= 15 is 0 Å². The van der Waals surface area contributed by atoms with E-state index in [1.54, 1.807) is 20.3 Å². The van der Waals surface area contributed by atoms with Crippen LogP contribution in [0.3, 0.4) is 0 Å². The molecule has 2 atom stereocenters. The molecule has 2 aliphatic heterocycles. The van der Waals surface area contributed by atoms with Crippen LogP contribution in [0.15, 0.2) is 36.4 Å². The Balaban J connectivity index is 1.90. The maximum absolute atomic E-state index is 13.9. The summed E-state index contributed by atoms with van der Waals surface area (Å²) in [4.78, 5) is 13.0. The molecule has 6 heteroatoms. The van der Waals surface area contributed by atoms with E-state index in [-0.39, 0.29) is 17.8 Å². The van der Waals surface area contributed by atoms with E-state index in [0.29, 0.717) is 35.7 Å².